The van der Waals surface area contributed by atoms with Gasteiger partial charge in [-0.15, -0.1) is 6.58 Å². The summed E-state index contributed by atoms with van der Waals surface area (Å²) in [6.07, 6.45) is 1.73. The number of benzene rings is 1. The summed E-state index contributed by atoms with van der Waals surface area (Å²) in [6, 6.07) is 9.51. The topological polar surface area (TPSA) is 44.8 Å². The SMILES string of the molecule is C=CCC[N+]1=NOC(O)C1c1ccccc1. The van der Waals surface area contributed by atoms with Crippen LogP contribution in [-0.4, -0.2) is 22.6 Å². The van der Waals surface area contributed by atoms with Crippen molar-refractivity contribution in [3.63, 3.8) is 0 Å². The number of rotatable bonds is 4. The van der Waals surface area contributed by atoms with Gasteiger partial charge < -0.3 is 9.94 Å². The molecule has 2 atom stereocenters. The summed E-state index contributed by atoms with van der Waals surface area (Å²) in [5.74, 6) is 0. The molecule has 4 heteroatoms. The predicted octanol–water partition coefficient (Wildman–Crippen LogP) is 2.03. The van der Waals surface area contributed by atoms with Crippen LogP contribution in [0.2, 0.25) is 0 Å². The van der Waals surface area contributed by atoms with Gasteiger partial charge in [-0.1, -0.05) is 41.1 Å². The number of aliphatic hydroxyl groups is 1. The van der Waals surface area contributed by atoms with E-state index >= 15 is 0 Å². The standard InChI is InChI=1S/C12H15N2O2/c1-2-3-9-14-11(12(15)16-13-14)10-7-5-4-6-8-10/h2,4-8,11-12,15H,1,3,9H2/q+1. The average molecular weight is 219 g/mol. The van der Waals surface area contributed by atoms with Crippen LogP contribution in [0.5, 0.6) is 0 Å². The highest BCUT2D eigenvalue weighted by Gasteiger charge is 2.40. The lowest BCUT2D eigenvalue weighted by Gasteiger charge is -2.08. The number of aliphatic hydroxyl groups excluding tert-OH is 1. The second-order valence-electron chi connectivity index (χ2n) is 3.67. The van der Waals surface area contributed by atoms with Crippen LogP contribution in [0.25, 0.3) is 0 Å². The molecule has 1 aliphatic heterocycles. The third-order valence-corrected chi connectivity index (χ3v) is 2.55. The van der Waals surface area contributed by atoms with Crippen LogP contribution < -0.4 is 0 Å². The molecule has 4 nitrogen and oxygen atoms in total. The highest BCUT2D eigenvalue weighted by Crippen LogP contribution is 2.27. The Morgan fingerprint density at radius 2 is 2.19 bits per heavy atom. The van der Waals surface area contributed by atoms with Gasteiger partial charge in [-0.05, 0) is 0 Å². The molecule has 1 N–H and O–H groups in total. The van der Waals surface area contributed by atoms with Gasteiger partial charge >= 0.3 is 0 Å². The summed E-state index contributed by atoms with van der Waals surface area (Å²) in [6.45, 7) is 4.36. The van der Waals surface area contributed by atoms with Crippen molar-refractivity contribution in [2.75, 3.05) is 6.54 Å². The van der Waals surface area contributed by atoms with E-state index in [9.17, 15) is 5.11 Å². The van der Waals surface area contributed by atoms with E-state index in [1.807, 2.05) is 36.4 Å². The van der Waals surface area contributed by atoms with Gasteiger partial charge in [0.1, 0.15) is 0 Å². The summed E-state index contributed by atoms with van der Waals surface area (Å²) in [5.41, 5.74) is 1.00. The fourth-order valence-electron chi connectivity index (χ4n) is 1.75. The zero-order valence-electron chi connectivity index (χ0n) is 8.99. The van der Waals surface area contributed by atoms with E-state index in [-0.39, 0.29) is 6.04 Å². The molecule has 16 heavy (non-hydrogen) atoms. The Morgan fingerprint density at radius 1 is 1.44 bits per heavy atom. The van der Waals surface area contributed by atoms with Crippen LogP contribution in [-0.2, 0) is 4.84 Å². The van der Waals surface area contributed by atoms with E-state index < -0.39 is 6.29 Å². The molecule has 1 aromatic carbocycles. The highest BCUT2D eigenvalue weighted by molar-refractivity contribution is 5.17. The number of nitrogens with zero attached hydrogens (tertiary/aromatic N) is 2. The number of hydrogen-bond acceptors (Lipinski definition) is 3. The Labute approximate surface area is 94.4 Å². The third-order valence-electron chi connectivity index (χ3n) is 2.55. The van der Waals surface area contributed by atoms with E-state index in [2.05, 4.69) is 11.9 Å². The summed E-state index contributed by atoms with van der Waals surface area (Å²) in [4.78, 5) is 4.90. The van der Waals surface area contributed by atoms with E-state index in [1.165, 1.54) is 0 Å². The Hall–Kier alpha value is -1.68. The molecule has 0 fully saturated rings. The summed E-state index contributed by atoms with van der Waals surface area (Å²) in [7, 11) is 0. The lowest BCUT2D eigenvalue weighted by molar-refractivity contribution is -0.628. The smallest absolute Gasteiger partial charge is 0.299 e. The van der Waals surface area contributed by atoms with Crippen LogP contribution >= 0.6 is 0 Å². The zero-order valence-corrected chi connectivity index (χ0v) is 8.99. The Bertz CT molecular complexity index is 389. The van der Waals surface area contributed by atoms with Crippen LogP contribution in [0.4, 0.5) is 0 Å². The minimum Gasteiger partial charge on any atom is -0.351 e. The van der Waals surface area contributed by atoms with Gasteiger partial charge in [0.15, 0.2) is 11.8 Å². The molecule has 0 aromatic heterocycles. The quantitative estimate of drug-likeness (QED) is 0.622. The fraction of sp³-hybridized carbons (Fsp3) is 0.333. The molecule has 0 saturated heterocycles. The highest BCUT2D eigenvalue weighted by atomic mass is 16.7. The van der Waals surface area contributed by atoms with Gasteiger partial charge in [-0.2, -0.15) is 0 Å². The van der Waals surface area contributed by atoms with E-state index in [0.29, 0.717) is 6.54 Å². The van der Waals surface area contributed by atoms with Crippen LogP contribution in [0.15, 0.2) is 48.3 Å². The molecular weight excluding hydrogens is 204 g/mol. The first-order valence-corrected chi connectivity index (χ1v) is 5.30. The lowest BCUT2D eigenvalue weighted by Crippen LogP contribution is -2.23. The van der Waals surface area contributed by atoms with Crippen molar-refractivity contribution in [3.05, 3.63) is 48.6 Å². The molecule has 0 aliphatic carbocycles. The maximum atomic E-state index is 9.73. The first kappa shape index (κ1) is 10.8. The van der Waals surface area contributed by atoms with Gasteiger partial charge in [-0.3, -0.25) is 0 Å². The van der Waals surface area contributed by atoms with Gasteiger partial charge in [0, 0.05) is 12.0 Å². The molecule has 1 heterocycles. The van der Waals surface area contributed by atoms with Crippen molar-refractivity contribution in [2.45, 2.75) is 18.8 Å². The second kappa shape index (κ2) is 4.90. The first-order chi connectivity index (χ1) is 7.83. The summed E-state index contributed by atoms with van der Waals surface area (Å²) < 4.78 is 1.75. The summed E-state index contributed by atoms with van der Waals surface area (Å²) in [5, 5.41) is 13.6. The van der Waals surface area contributed by atoms with Gasteiger partial charge in [0.2, 0.25) is 0 Å². The Balaban J connectivity index is 2.18. The van der Waals surface area contributed by atoms with Gasteiger partial charge in [0.05, 0.1) is 0 Å². The van der Waals surface area contributed by atoms with Crippen LogP contribution in [0.3, 0.4) is 0 Å². The molecule has 0 bridgehead atoms. The third kappa shape index (κ3) is 2.12. The van der Waals surface area contributed by atoms with E-state index in [0.717, 1.165) is 12.0 Å². The van der Waals surface area contributed by atoms with Crippen molar-refractivity contribution in [1.29, 1.82) is 0 Å². The lowest BCUT2D eigenvalue weighted by atomic mass is 10.1. The maximum Gasteiger partial charge on any atom is 0.299 e. The van der Waals surface area contributed by atoms with Crippen molar-refractivity contribution in [2.24, 2.45) is 5.28 Å². The largest absolute Gasteiger partial charge is 0.351 e. The normalized spacial score (nSPS) is 23.7. The van der Waals surface area contributed by atoms with Crippen molar-refractivity contribution in [3.8, 4) is 0 Å². The van der Waals surface area contributed by atoms with Crippen molar-refractivity contribution < 1.29 is 14.6 Å². The first-order valence-electron chi connectivity index (χ1n) is 5.30. The Morgan fingerprint density at radius 3 is 2.88 bits per heavy atom. The van der Waals surface area contributed by atoms with Crippen molar-refractivity contribution in [1.82, 2.24) is 0 Å². The van der Waals surface area contributed by atoms with Crippen molar-refractivity contribution >= 4 is 0 Å². The summed E-state index contributed by atoms with van der Waals surface area (Å²) >= 11 is 0. The molecule has 1 aromatic rings. The average Bonchev–Trinajstić information content (AvgIpc) is 2.69. The maximum absolute atomic E-state index is 9.73. The zero-order chi connectivity index (χ0) is 11.4. The molecule has 84 valence electrons. The molecule has 2 unspecified atom stereocenters. The molecular formula is C12H15N2O2+. The predicted molar refractivity (Wildman–Crippen MR) is 58.6 cm³/mol. The second-order valence-corrected chi connectivity index (χ2v) is 3.67. The molecule has 0 saturated carbocycles. The van der Waals surface area contributed by atoms with Gasteiger partial charge in [0.25, 0.3) is 12.3 Å². The molecule has 0 spiro atoms. The molecule has 1 aliphatic rings. The van der Waals surface area contributed by atoms with E-state index in [1.54, 1.807) is 4.70 Å². The van der Waals surface area contributed by atoms with Crippen LogP contribution in [0, 0.1) is 0 Å². The van der Waals surface area contributed by atoms with Gasteiger partial charge in [-0.25, -0.2) is 0 Å². The molecule has 0 radical (unpaired) electrons. The van der Waals surface area contributed by atoms with Crippen LogP contribution in [0.1, 0.15) is 18.0 Å². The Kier molecular flexibility index (Phi) is 3.31. The molecule has 2 rings (SSSR count). The fourth-order valence-corrected chi connectivity index (χ4v) is 1.75. The van der Waals surface area contributed by atoms with E-state index in [4.69, 9.17) is 4.84 Å². The monoisotopic (exact) mass is 219 g/mol. The number of hydrogen-bond donors (Lipinski definition) is 1. The minimum atomic E-state index is -0.896. The molecule has 0 amide bonds. The minimum absolute atomic E-state index is 0.221.